The monoisotopic (exact) mass is 535 g/mol. The van der Waals surface area contributed by atoms with Crippen molar-refractivity contribution in [2.45, 2.75) is 31.5 Å². The van der Waals surface area contributed by atoms with Crippen molar-refractivity contribution in [2.24, 2.45) is 0 Å². The first kappa shape index (κ1) is 26.1. The Bertz CT molecular complexity index is 1330. The Balaban J connectivity index is 1.09. The topological polar surface area (TPSA) is 118 Å². The Hall–Kier alpha value is -3.52. The molecule has 3 aromatic rings. The van der Waals surface area contributed by atoms with Crippen molar-refractivity contribution in [3.63, 3.8) is 0 Å². The number of hydrogen-bond acceptors (Lipinski definition) is 8. The van der Waals surface area contributed by atoms with Gasteiger partial charge in [-0.05, 0) is 18.6 Å². The summed E-state index contributed by atoms with van der Waals surface area (Å²) in [7, 11) is 0. The van der Waals surface area contributed by atoms with Crippen LogP contribution in [0.1, 0.15) is 36.6 Å². The largest absolute Gasteiger partial charge is 0.435 e. The van der Waals surface area contributed by atoms with Crippen LogP contribution in [0, 0.1) is 0 Å². The third-order valence-corrected chi connectivity index (χ3v) is 6.87. The number of ether oxygens (including phenoxy) is 2. The van der Waals surface area contributed by atoms with E-state index in [9.17, 15) is 22.8 Å². The summed E-state index contributed by atoms with van der Waals surface area (Å²) >= 11 is 0. The van der Waals surface area contributed by atoms with Crippen molar-refractivity contribution in [3.8, 4) is 0 Å². The molecule has 2 saturated heterocycles. The van der Waals surface area contributed by atoms with Crippen LogP contribution in [0.2, 0.25) is 0 Å². The molecule has 0 bridgehead atoms. The number of carbonyl (C=O) groups is 1. The normalized spacial score (nSPS) is 17.6. The molecule has 11 nitrogen and oxygen atoms in total. The standard InChI is InChI=1S/C24H28F3N7O4/c1-15(34-18-11-29-30-23(36)21(18)22(31-34)24(25,26)27)12-37-9-4-20(35)33-7-5-32(6-8-33)19-3-2-16(10-28-19)17-13-38-14-17/h2-3,10-11,15,17H,4-9,12-14H2,1H3,(H,30,36). The number of hydrogen-bond donors (Lipinski definition) is 1. The van der Waals surface area contributed by atoms with Gasteiger partial charge in [-0.2, -0.15) is 23.4 Å². The van der Waals surface area contributed by atoms with Gasteiger partial charge in [0.1, 0.15) is 11.2 Å². The number of rotatable bonds is 8. The molecular formula is C24H28F3N7O4. The fourth-order valence-corrected chi connectivity index (χ4v) is 4.62. The number of pyridine rings is 1. The van der Waals surface area contributed by atoms with Crippen LogP contribution >= 0.6 is 0 Å². The number of anilines is 1. The molecule has 204 valence electrons. The van der Waals surface area contributed by atoms with E-state index in [2.05, 4.69) is 26.1 Å². The van der Waals surface area contributed by atoms with Gasteiger partial charge in [0.05, 0.1) is 50.6 Å². The Labute approximate surface area is 215 Å². The highest BCUT2D eigenvalue weighted by Gasteiger charge is 2.38. The Morgan fingerprint density at radius 2 is 1.97 bits per heavy atom. The summed E-state index contributed by atoms with van der Waals surface area (Å²) in [5, 5.41) is 8.67. The molecule has 1 unspecified atom stereocenters. The van der Waals surface area contributed by atoms with Crippen LogP contribution in [0.25, 0.3) is 10.9 Å². The quantitative estimate of drug-likeness (QED) is 0.435. The average Bonchev–Trinajstić information content (AvgIpc) is 3.28. The van der Waals surface area contributed by atoms with E-state index in [-0.39, 0.29) is 31.1 Å². The summed E-state index contributed by atoms with van der Waals surface area (Å²) in [6, 6.07) is 3.47. The van der Waals surface area contributed by atoms with Gasteiger partial charge in [0.25, 0.3) is 5.56 Å². The summed E-state index contributed by atoms with van der Waals surface area (Å²) < 4.78 is 52.1. The minimum absolute atomic E-state index is 0.0105. The number of H-pyrrole nitrogens is 1. The molecule has 0 aliphatic carbocycles. The lowest BCUT2D eigenvalue weighted by Crippen LogP contribution is -2.49. The molecule has 0 saturated carbocycles. The first-order valence-corrected chi connectivity index (χ1v) is 12.4. The van der Waals surface area contributed by atoms with Crippen molar-refractivity contribution in [1.29, 1.82) is 0 Å². The third-order valence-electron chi connectivity index (χ3n) is 6.87. The molecule has 2 aliphatic rings. The van der Waals surface area contributed by atoms with Gasteiger partial charge >= 0.3 is 6.18 Å². The highest BCUT2D eigenvalue weighted by atomic mass is 19.4. The second-order valence-electron chi connectivity index (χ2n) is 9.48. The van der Waals surface area contributed by atoms with Crippen molar-refractivity contribution >= 4 is 22.6 Å². The first-order valence-electron chi connectivity index (χ1n) is 12.4. The molecule has 1 atom stereocenters. The molecule has 38 heavy (non-hydrogen) atoms. The van der Waals surface area contributed by atoms with E-state index in [0.29, 0.717) is 32.1 Å². The number of halogens is 3. The second kappa shape index (κ2) is 10.7. The highest BCUT2D eigenvalue weighted by Crippen LogP contribution is 2.33. The number of nitrogens with zero attached hydrogens (tertiary/aromatic N) is 6. The lowest BCUT2D eigenvalue weighted by Gasteiger charge is -2.35. The van der Waals surface area contributed by atoms with Gasteiger partial charge in [-0.3, -0.25) is 14.3 Å². The molecule has 0 spiro atoms. The van der Waals surface area contributed by atoms with Crippen molar-refractivity contribution < 1.29 is 27.4 Å². The zero-order chi connectivity index (χ0) is 26.9. The van der Waals surface area contributed by atoms with Crippen molar-refractivity contribution in [2.75, 3.05) is 57.5 Å². The van der Waals surface area contributed by atoms with E-state index in [0.717, 1.165) is 29.9 Å². The molecular weight excluding hydrogens is 507 g/mol. The van der Waals surface area contributed by atoms with Gasteiger partial charge in [0.2, 0.25) is 5.91 Å². The maximum absolute atomic E-state index is 13.4. The Morgan fingerprint density at radius 1 is 1.21 bits per heavy atom. The van der Waals surface area contributed by atoms with Gasteiger partial charge in [-0.25, -0.2) is 10.1 Å². The fraction of sp³-hybridized carbons (Fsp3) is 0.542. The van der Waals surface area contributed by atoms with Gasteiger partial charge in [0, 0.05) is 38.3 Å². The number of aromatic amines is 1. The smallest absolute Gasteiger partial charge is 0.380 e. The van der Waals surface area contributed by atoms with Gasteiger partial charge in [-0.15, -0.1) is 0 Å². The van der Waals surface area contributed by atoms with Crippen LogP contribution in [-0.4, -0.2) is 88.4 Å². The van der Waals surface area contributed by atoms with Crippen LogP contribution in [0.15, 0.2) is 29.3 Å². The van der Waals surface area contributed by atoms with E-state index >= 15 is 0 Å². The lowest BCUT2D eigenvalue weighted by molar-refractivity contribution is -0.140. The number of carbonyl (C=O) groups excluding carboxylic acids is 1. The van der Waals surface area contributed by atoms with Crippen molar-refractivity contribution in [3.05, 3.63) is 46.1 Å². The number of fused-ring (bicyclic) bond motifs is 1. The summed E-state index contributed by atoms with van der Waals surface area (Å²) in [5.74, 6) is 1.26. The highest BCUT2D eigenvalue weighted by molar-refractivity contribution is 5.80. The maximum atomic E-state index is 13.4. The molecule has 1 N–H and O–H groups in total. The molecule has 0 radical (unpaired) electrons. The minimum atomic E-state index is -4.79. The van der Waals surface area contributed by atoms with Gasteiger partial charge in [-0.1, -0.05) is 6.07 Å². The van der Waals surface area contributed by atoms with E-state index in [1.807, 2.05) is 17.4 Å². The predicted molar refractivity (Wildman–Crippen MR) is 130 cm³/mol. The zero-order valence-electron chi connectivity index (χ0n) is 20.8. The summed E-state index contributed by atoms with van der Waals surface area (Å²) in [4.78, 5) is 33.1. The van der Waals surface area contributed by atoms with E-state index < -0.39 is 28.9 Å². The fourth-order valence-electron chi connectivity index (χ4n) is 4.62. The SMILES string of the molecule is CC(COCCC(=O)N1CCN(c2ccc(C3COC3)cn2)CC1)n1nc(C(F)(F)F)c2c(=O)[nH]ncc21. The maximum Gasteiger partial charge on any atom is 0.435 e. The summed E-state index contributed by atoms with van der Waals surface area (Å²) in [6.07, 6.45) is -1.62. The molecule has 0 aromatic carbocycles. The van der Waals surface area contributed by atoms with E-state index in [4.69, 9.17) is 9.47 Å². The molecule has 5 heterocycles. The van der Waals surface area contributed by atoms with Gasteiger partial charge in [0.15, 0.2) is 5.69 Å². The number of amides is 1. The predicted octanol–water partition coefficient (Wildman–Crippen LogP) is 1.96. The van der Waals surface area contributed by atoms with Crippen LogP contribution in [0.4, 0.5) is 19.0 Å². The molecule has 5 rings (SSSR count). The third kappa shape index (κ3) is 5.36. The van der Waals surface area contributed by atoms with Crippen LogP contribution in [0.5, 0.6) is 0 Å². The number of alkyl halides is 3. The molecule has 1 amide bonds. The molecule has 2 fully saturated rings. The van der Waals surface area contributed by atoms with Crippen LogP contribution in [-0.2, 0) is 20.4 Å². The number of piperazine rings is 1. The van der Waals surface area contributed by atoms with Crippen molar-refractivity contribution in [1.82, 2.24) is 29.9 Å². The minimum Gasteiger partial charge on any atom is -0.380 e. The summed E-state index contributed by atoms with van der Waals surface area (Å²) in [6.45, 7) is 5.69. The second-order valence-corrected chi connectivity index (χ2v) is 9.48. The van der Waals surface area contributed by atoms with Crippen LogP contribution in [0.3, 0.4) is 0 Å². The van der Waals surface area contributed by atoms with Gasteiger partial charge < -0.3 is 19.3 Å². The Morgan fingerprint density at radius 3 is 2.61 bits per heavy atom. The molecule has 3 aromatic heterocycles. The van der Waals surface area contributed by atoms with E-state index in [1.54, 1.807) is 11.8 Å². The number of nitrogens with one attached hydrogen (secondary N) is 1. The lowest BCUT2D eigenvalue weighted by atomic mass is 10.00. The molecule has 2 aliphatic heterocycles. The first-order chi connectivity index (χ1) is 18.2. The Kier molecular flexibility index (Phi) is 7.34. The zero-order valence-corrected chi connectivity index (χ0v) is 20.8. The van der Waals surface area contributed by atoms with Crippen LogP contribution < -0.4 is 10.5 Å². The number of aromatic nitrogens is 5. The van der Waals surface area contributed by atoms with E-state index in [1.165, 1.54) is 5.56 Å². The average molecular weight is 536 g/mol. The summed E-state index contributed by atoms with van der Waals surface area (Å²) in [5.41, 5.74) is -1.09. The molecule has 14 heteroatoms.